The van der Waals surface area contributed by atoms with E-state index in [1.165, 1.54) is 0 Å². The smallest absolute Gasteiger partial charge is 0.0684 e. The van der Waals surface area contributed by atoms with Gasteiger partial charge in [-0.2, -0.15) is 0 Å². The number of halogens is 2. The first-order valence-corrected chi connectivity index (χ1v) is 6.51. The highest BCUT2D eigenvalue weighted by Crippen LogP contribution is 2.33. The molecule has 1 aromatic heterocycles. The van der Waals surface area contributed by atoms with Gasteiger partial charge in [-0.15, -0.1) is 11.3 Å². The molecule has 0 spiro atoms. The van der Waals surface area contributed by atoms with Crippen LogP contribution in [-0.2, 0) is 0 Å². The Bertz CT molecular complexity index is 481. The minimum Gasteiger partial charge on any atom is -0.309 e. The van der Waals surface area contributed by atoms with E-state index in [1.807, 2.05) is 42.8 Å². The SMILES string of the molecule is CNC(c1cccc(Cl)c1)c1sccc1Cl. The van der Waals surface area contributed by atoms with Gasteiger partial charge in [0.1, 0.15) is 0 Å². The summed E-state index contributed by atoms with van der Waals surface area (Å²) >= 11 is 13.8. The molecule has 0 radical (unpaired) electrons. The number of nitrogens with one attached hydrogen (secondary N) is 1. The van der Waals surface area contributed by atoms with Crippen molar-refractivity contribution in [3.63, 3.8) is 0 Å². The molecule has 1 nitrogen and oxygen atoms in total. The van der Waals surface area contributed by atoms with Gasteiger partial charge in [-0.3, -0.25) is 0 Å². The molecule has 0 saturated heterocycles. The number of hydrogen-bond donors (Lipinski definition) is 1. The molecule has 1 N–H and O–H groups in total. The van der Waals surface area contributed by atoms with Gasteiger partial charge in [0.25, 0.3) is 0 Å². The zero-order valence-electron chi connectivity index (χ0n) is 8.71. The van der Waals surface area contributed by atoms with Crippen LogP contribution in [0.15, 0.2) is 35.7 Å². The average Bonchev–Trinajstić information content (AvgIpc) is 2.67. The highest BCUT2D eigenvalue weighted by Gasteiger charge is 2.16. The Balaban J connectivity index is 2.40. The minimum absolute atomic E-state index is 0.103. The summed E-state index contributed by atoms with van der Waals surface area (Å²) in [7, 11) is 1.92. The van der Waals surface area contributed by atoms with Crippen LogP contribution in [0.4, 0.5) is 0 Å². The molecule has 16 heavy (non-hydrogen) atoms. The molecule has 84 valence electrons. The van der Waals surface area contributed by atoms with Crippen LogP contribution in [0.3, 0.4) is 0 Å². The lowest BCUT2D eigenvalue weighted by Gasteiger charge is -2.16. The summed E-state index contributed by atoms with van der Waals surface area (Å²) in [5.41, 5.74) is 1.12. The molecule has 2 rings (SSSR count). The van der Waals surface area contributed by atoms with Crippen LogP contribution in [0.5, 0.6) is 0 Å². The van der Waals surface area contributed by atoms with Gasteiger partial charge in [0.15, 0.2) is 0 Å². The maximum atomic E-state index is 6.14. The fourth-order valence-corrected chi connectivity index (χ4v) is 3.15. The summed E-state index contributed by atoms with van der Waals surface area (Å²) in [5, 5.41) is 6.79. The predicted molar refractivity (Wildman–Crippen MR) is 71.7 cm³/mol. The van der Waals surface area contributed by atoms with Crippen molar-refractivity contribution < 1.29 is 0 Å². The third-order valence-electron chi connectivity index (χ3n) is 2.38. The third-order valence-corrected chi connectivity index (χ3v) is 4.04. The first-order valence-electron chi connectivity index (χ1n) is 4.88. The Kier molecular flexibility index (Phi) is 3.87. The molecule has 0 aliphatic rings. The lowest BCUT2D eigenvalue weighted by molar-refractivity contribution is 0.704. The van der Waals surface area contributed by atoms with Crippen molar-refractivity contribution in [3.05, 3.63) is 56.2 Å². The van der Waals surface area contributed by atoms with Crippen molar-refractivity contribution in [2.45, 2.75) is 6.04 Å². The first-order chi connectivity index (χ1) is 7.72. The summed E-state index contributed by atoms with van der Waals surface area (Å²) < 4.78 is 0. The van der Waals surface area contributed by atoms with Crippen LogP contribution in [0.2, 0.25) is 10.0 Å². The lowest BCUT2D eigenvalue weighted by Crippen LogP contribution is -2.16. The summed E-state index contributed by atoms with van der Waals surface area (Å²) in [4.78, 5) is 1.12. The predicted octanol–water partition coefficient (Wildman–Crippen LogP) is 4.36. The zero-order valence-corrected chi connectivity index (χ0v) is 11.0. The molecule has 1 unspecified atom stereocenters. The monoisotopic (exact) mass is 271 g/mol. The van der Waals surface area contributed by atoms with Crippen molar-refractivity contribution in [3.8, 4) is 0 Å². The molecule has 0 bridgehead atoms. The zero-order chi connectivity index (χ0) is 11.5. The van der Waals surface area contributed by atoms with E-state index in [4.69, 9.17) is 23.2 Å². The highest BCUT2D eigenvalue weighted by molar-refractivity contribution is 7.10. The lowest BCUT2D eigenvalue weighted by atomic mass is 10.1. The molecule has 0 aliphatic carbocycles. The molecule has 0 aliphatic heterocycles. The molecular weight excluding hydrogens is 261 g/mol. The molecule has 0 saturated carbocycles. The summed E-state index contributed by atoms with van der Waals surface area (Å²) in [5.74, 6) is 0. The quantitative estimate of drug-likeness (QED) is 0.875. The summed E-state index contributed by atoms with van der Waals surface area (Å²) in [6.45, 7) is 0. The van der Waals surface area contributed by atoms with Crippen LogP contribution < -0.4 is 5.32 Å². The molecule has 1 atom stereocenters. The largest absolute Gasteiger partial charge is 0.309 e. The van der Waals surface area contributed by atoms with E-state index in [0.29, 0.717) is 0 Å². The molecule has 1 heterocycles. The fraction of sp³-hybridized carbons (Fsp3) is 0.167. The summed E-state index contributed by atoms with van der Waals surface area (Å²) in [6.07, 6.45) is 0. The molecule has 0 amide bonds. The van der Waals surface area contributed by atoms with Crippen molar-refractivity contribution in [1.82, 2.24) is 5.32 Å². The Morgan fingerprint density at radius 3 is 2.62 bits per heavy atom. The van der Waals surface area contributed by atoms with E-state index in [2.05, 4.69) is 5.32 Å². The molecule has 0 fully saturated rings. The maximum absolute atomic E-state index is 6.14. The number of rotatable bonds is 3. The normalized spacial score (nSPS) is 12.7. The van der Waals surface area contributed by atoms with Crippen LogP contribution in [0.1, 0.15) is 16.5 Å². The van der Waals surface area contributed by atoms with Crippen molar-refractivity contribution in [1.29, 1.82) is 0 Å². The van der Waals surface area contributed by atoms with Gasteiger partial charge in [-0.1, -0.05) is 35.3 Å². The number of benzene rings is 1. The maximum Gasteiger partial charge on any atom is 0.0684 e. The second-order valence-corrected chi connectivity index (χ2v) is 5.20. The van der Waals surface area contributed by atoms with Gasteiger partial charge in [-0.05, 0) is 36.2 Å². The van der Waals surface area contributed by atoms with E-state index >= 15 is 0 Å². The van der Waals surface area contributed by atoms with Crippen molar-refractivity contribution >= 4 is 34.5 Å². The van der Waals surface area contributed by atoms with Gasteiger partial charge < -0.3 is 5.32 Å². The Labute approximate surface area is 109 Å². The van der Waals surface area contributed by atoms with Gasteiger partial charge in [0.2, 0.25) is 0 Å². The van der Waals surface area contributed by atoms with E-state index < -0.39 is 0 Å². The number of hydrogen-bond acceptors (Lipinski definition) is 2. The van der Waals surface area contributed by atoms with E-state index in [0.717, 1.165) is 20.5 Å². The van der Waals surface area contributed by atoms with E-state index in [1.54, 1.807) is 11.3 Å². The van der Waals surface area contributed by atoms with Gasteiger partial charge >= 0.3 is 0 Å². The second kappa shape index (κ2) is 5.19. The topological polar surface area (TPSA) is 12.0 Å². The van der Waals surface area contributed by atoms with Crippen LogP contribution in [-0.4, -0.2) is 7.05 Å². The molecular formula is C12H11Cl2NS. The van der Waals surface area contributed by atoms with Crippen LogP contribution in [0, 0.1) is 0 Å². The van der Waals surface area contributed by atoms with Gasteiger partial charge in [0, 0.05) is 9.90 Å². The average molecular weight is 272 g/mol. The van der Waals surface area contributed by atoms with Crippen molar-refractivity contribution in [2.75, 3.05) is 7.05 Å². The highest BCUT2D eigenvalue weighted by atomic mass is 35.5. The third kappa shape index (κ3) is 2.41. The molecule has 2 aromatic rings. The van der Waals surface area contributed by atoms with E-state index in [9.17, 15) is 0 Å². The Morgan fingerprint density at radius 1 is 1.25 bits per heavy atom. The number of thiophene rings is 1. The van der Waals surface area contributed by atoms with Gasteiger partial charge in [0.05, 0.1) is 11.1 Å². The van der Waals surface area contributed by atoms with Gasteiger partial charge in [-0.25, -0.2) is 0 Å². The standard InChI is InChI=1S/C12H11Cl2NS/c1-15-11(12-10(14)5-6-16-12)8-3-2-4-9(13)7-8/h2-7,11,15H,1H3. The fourth-order valence-electron chi connectivity index (χ4n) is 1.65. The molecule has 4 heteroatoms. The second-order valence-electron chi connectivity index (χ2n) is 3.41. The van der Waals surface area contributed by atoms with E-state index in [-0.39, 0.29) is 6.04 Å². The summed E-state index contributed by atoms with van der Waals surface area (Å²) in [6, 6.07) is 9.83. The molecule has 1 aromatic carbocycles. The first kappa shape index (κ1) is 11.9. The van der Waals surface area contributed by atoms with Crippen LogP contribution >= 0.6 is 34.5 Å². The van der Waals surface area contributed by atoms with Crippen molar-refractivity contribution in [2.24, 2.45) is 0 Å². The Morgan fingerprint density at radius 2 is 2.06 bits per heavy atom. The Hall–Kier alpha value is -0.540. The minimum atomic E-state index is 0.103. The van der Waals surface area contributed by atoms with Crippen LogP contribution in [0.25, 0.3) is 0 Å².